The monoisotopic (exact) mass is 448 g/mol. The third-order valence-electron chi connectivity index (χ3n) is 7.06. The van der Waals surface area contributed by atoms with Crippen molar-refractivity contribution in [1.29, 1.82) is 0 Å². The van der Waals surface area contributed by atoms with Gasteiger partial charge < -0.3 is 15.2 Å². The Balaban J connectivity index is 1.38. The Morgan fingerprint density at radius 3 is 2.62 bits per heavy atom. The van der Waals surface area contributed by atoms with Crippen LogP contribution in [0.2, 0.25) is 0 Å². The lowest BCUT2D eigenvalue weighted by Gasteiger charge is -2.42. The smallest absolute Gasteiger partial charge is 0.255 e. The van der Waals surface area contributed by atoms with Gasteiger partial charge >= 0.3 is 0 Å². The molecule has 0 radical (unpaired) electrons. The fraction of sp³-hybridized carbons (Fsp3) is 0.346. The highest BCUT2D eigenvalue weighted by molar-refractivity contribution is 7.09. The van der Waals surface area contributed by atoms with Crippen molar-refractivity contribution < 1.29 is 14.6 Å². The zero-order chi connectivity index (χ0) is 22.1. The fourth-order valence-corrected chi connectivity index (χ4v) is 6.12. The number of aliphatic hydroxyl groups excluding tert-OH is 1. The van der Waals surface area contributed by atoms with Crippen LogP contribution in [0.3, 0.4) is 0 Å². The molecule has 2 heterocycles. The van der Waals surface area contributed by atoms with E-state index in [1.165, 1.54) is 10.4 Å². The number of thiophene rings is 1. The van der Waals surface area contributed by atoms with Gasteiger partial charge in [0.15, 0.2) is 0 Å². The number of methoxy groups -OCH3 is 1. The van der Waals surface area contributed by atoms with Crippen LogP contribution >= 0.6 is 11.3 Å². The van der Waals surface area contributed by atoms with E-state index >= 15 is 0 Å². The van der Waals surface area contributed by atoms with E-state index in [4.69, 9.17) is 4.74 Å². The average molecular weight is 449 g/mol. The Bertz CT molecular complexity index is 1090. The molecule has 3 aromatic rings. The van der Waals surface area contributed by atoms with Crippen molar-refractivity contribution >= 4 is 17.2 Å². The van der Waals surface area contributed by atoms with E-state index in [1.54, 1.807) is 30.6 Å². The quantitative estimate of drug-likeness (QED) is 0.616. The normalized spacial score (nSPS) is 21.9. The molecule has 2 aromatic carbocycles. The van der Waals surface area contributed by atoms with Crippen LogP contribution in [0.5, 0.6) is 5.75 Å². The maximum atomic E-state index is 13.1. The molecule has 1 fully saturated rings. The number of rotatable bonds is 5. The van der Waals surface area contributed by atoms with Crippen molar-refractivity contribution in [2.24, 2.45) is 0 Å². The maximum Gasteiger partial charge on any atom is 0.255 e. The molecule has 0 saturated carbocycles. The van der Waals surface area contributed by atoms with Gasteiger partial charge in [-0.05, 0) is 60.6 Å². The summed E-state index contributed by atoms with van der Waals surface area (Å²) < 4.78 is 5.36. The first-order chi connectivity index (χ1) is 15.6. The first-order valence-corrected chi connectivity index (χ1v) is 12.0. The van der Waals surface area contributed by atoms with Crippen molar-refractivity contribution in [3.63, 3.8) is 0 Å². The van der Waals surface area contributed by atoms with Gasteiger partial charge in [-0.15, -0.1) is 11.3 Å². The third kappa shape index (κ3) is 3.62. The summed E-state index contributed by atoms with van der Waals surface area (Å²) in [4.78, 5) is 17.0. The van der Waals surface area contributed by atoms with E-state index in [-0.39, 0.29) is 11.3 Å². The molecule has 1 spiro atoms. The van der Waals surface area contributed by atoms with Crippen LogP contribution in [0.1, 0.15) is 45.2 Å². The van der Waals surface area contributed by atoms with E-state index in [1.807, 2.05) is 30.3 Å². The maximum absolute atomic E-state index is 13.1. The van der Waals surface area contributed by atoms with Crippen molar-refractivity contribution in [3.8, 4) is 5.75 Å². The topological polar surface area (TPSA) is 61.8 Å². The second-order valence-electron chi connectivity index (χ2n) is 8.70. The van der Waals surface area contributed by atoms with E-state index in [0.29, 0.717) is 11.3 Å². The number of carbonyl (C=O) groups is 1. The van der Waals surface area contributed by atoms with E-state index < -0.39 is 12.1 Å². The number of likely N-dealkylation sites (tertiary alicyclic amines) is 1. The number of ether oxygens (including phenoxy) is 1. The second kappa shape index (κ2) is 8.70. The molecule has 32 heavy (non-hydrogen) atoms. The van der Waals surface area contributed by atoms with Crippen LogP contribution in [0.4, 0.5) is 0 Å². The summed E-state index contributed by atoms with van der Waals surface area (Å²) in [6, 6.07) is 19.2. The van der Waals surface area contributed by atoms with Crippen LogP contribution < -0.4 is 10.1 Å². The lowest BCUT2D eigenvalue weighted by molar-refractivity contribution is 0.0194. The van der Waals surface area contributed by atoms with Gasteiger partial charge in [0.2, 0.25) is 0 Å². The van der Waals surface area contributed by atoms with E-state index in [9.17, 15) is 9.90 Å². The fourth-order valence-electron chi connectivity index (χ4n) is 5.38. The van der Waals surface area contributed by atoms with Gasteiger partial charge in [-0.2, -0.15) is 0 Å². The number of nitrogens with one attached hydrogen (secondary N) is 1. The highest BCUT2D eigenvalue weighted by Gasteiger charge is 2.53. The first-order valence-electron chi connectivity index (χ1n) is 11.1. The van der Waals surface area contributed by atoms with E-state index in [2.05, 4.69) is 33.8 Å². The number of carbonyl (C=O) groups excluding carboxylic acids is 1. The SMILES string of the molecule is COc1ccccc1C(=O)N[C@@H]1c2ccccc2C2(CCN(Cc3cccs3)CC2)[C@H]1O. The van der Waals surface area contributed by atoms with Gasteiger partial charge in [-0.1, -0.05) is 42.5 Å². The molecule has 1 amide bonds. The number of aliphatic hydroxyl groups is 1. The molecule has 5 nitrogen and oxygen atoms in total. The number of para-hydroxylation sites is 1. The average Bonchev–Trinajstić information content (AvgIpc) is 3.42. The Labute approximate surface area is 192 Å². The molecule has 1 aliphatic heterocycles. The van der Waals surface area contributed by atoms with Gasteiger partial charge in [0.25, 0.3) is 5.91 Å². The van der Waals surface area contributed by atoms with Gasteiger partial charge in [-0.25, -0.2) is 0 Å². The molecular formula is C26H28N2O3S. The van der Waals surface area contributed by atoms with Crippen molar-refractivity contribution in [2.45, 2.75) is 36.9 Å². The largest absolute Gasteiger partial charge is 0.496 e. The molecule has 6 heteroatoms. The van der Waals surface area contributed by atoms with Crippen molar-refractivity contribution in [2.75, 3.05) is 20.2 Å². The molecule has 2 aliphatic rings. The summed E-state index contributed by atoms with van der Waals surface area (Å²) in [5, 5.41) is 16.8. The Hall–Kier alpha value is -2.67. The van der Waals surface area contributed by atoms with Crippen LogP contribution in [0.25, 0.3) is 0 Å². The molecular weight excluding hydrogens is 420 g/mol. The molecule has 1 aliphatic carbocycles. The van der Waals surface area contributed by atoms with E-state index in [0.717, 1.165) is 38.0 Å². The minimum Gasteiger partial charge on any atom is -0.496 e. The molecule has 2 atom stereocenters. The van der Waals surface area contributed by atoms with Crippen LogP contribution in [0, 0.1) is 0 Å². The Morgan fingerprint density at radius 2 is 1.88 bits per heavy atom. The predicted molar refractivity (Wildman–Crippen MR) is 126 cm³/mol. The number of piperidine rings is 1. The minimum atomic E-state index is -0.664. The van der Waals surface area contributed by atoms with Crippen molar-refractivity contribution in [3.05, 3.63) is 87.6 Å². The summed E-state index contributed by atoms with van der Waals surface area (Å²) >= 11 is 1.79. The summed E-state index contributed by atoms with van der Waals surface area (Å²) in [7, 11) is 1.56. The number of benzene rings is 2. The number of nitrogens with zero attached hydrogens (tertiary/aromatic N) is 1. The number of hydrogen-bond donors (Lipinski definition) is 2. The first kappa shape index (κ1) is 21.2. The molecule has 5 rings (SSSR count). The Morgan fingerprint density at radius 1 is 1.12 bits per heavy atom. The van der Waals surface area contributed by atoms with Crippen LogP contribution in [-0.2, 0) is 12.0 Å². The van der Waals surface area contributed by atoms with Gasteiger partial charge in [-0.3, -0.25) is 9.69 Å². The lowest BCUT2D eigenvalue weighted by Crippen LogP contribution is -2.49. The Kier molecular flexibility index (Phi) is 5.76. The highest BCUT2D eigenvalue weighted by Crippen LogP contribution is 2.51. The molecule has 1 aromatic heterocycles. The number of fused-ring (bicyclic) bond motifs is 2. The summed E-state index contributed by atoms with van der Waals surface area (Å²) in [5.41, 5.74) is 2.34. The van der Waals surface area contributed by atoms with Crippen molar-refractivity contribution in [1.82, 2.24) is 10.2 Å². The molecule has 166 valence electrons. The van der Waals surface area contributed by atoms with Crippen LogP contribution in [0.15, 0.2) is 66.0 Å². The highest BCUT2D eigenvalue weighted by atomic mass is 32.1. The minimum absolute atomic E-state index is 0.228. The zero-order valence-electron chi connectivity index (χ0n) is 18.2. The number of hydrogen-bond acceptors (Lipinski definition) is 5. The van der Waals surface area contributed by atoms with Gasteiger partial charge in [0.05, 0.1) is 24.8 Å². The third-order valence-corrected chi connectivity index (χ3v) is 7.92. The summed E-state index contributed by atoms with van der Waals surface area (Å²) in [6.07, 6.45) is 1.08. The second-order valence-corrected chi connectivity index (χ2v) is 9.73. The summed E-state index contributed by atoms with van der Waals surface area (Å²) in [6.45, 7) is 2.81. The molecule has 1 saturated heterocycles. The lowest BCUT2D eigenvalue weighted by atomic mass is 9.72. The molecule has 2 N–H and O–H groups in total. The van der Waals surface area contributed by atoms with Gasteiger partial charge in [0, 0.05) is 16.8 Å². The summed E-state index contributed by atoms with van der Waals surface area (Å²) in [5.74, 6) is 0.302. The number of amides is 1. The zero-order valence-corrected chi connectivity index (χ0v) is 19.0. The standard InChI is InChI=1S/C26H28N2O3S/c1-31-22-11-5-3-9-20(22)25(30)27-23-19-8-2-4-10-21(19)26(24(23)29)12-14-28(15-13-26)17-18-7-6-16-32-18/h2-11,16,23-24,29H,12-15,17H2,1H3,(H,27,30)/t23-,24+/m1/s1. The predicted octanol–water partition coefficient (Wildman–Crippen LogP) is 4.14. The van der Waals surface area contributed by atoms with Crippen LogP contribution in [-0.4, -0.2) is 42.2 Å². The molecule has 0 unspecified atom stereocenters. The van der Waals surface area contributed by atoms with Gasteiger partial charge in [0.1, 0.15) is 5.75 Å². The molecule has 0 bridgehead atoms.